The molecule has 0 spiro atoms. The highest BCUT2D eigenvalue weighted by Crippen LogP contribution is 2.19. The van der Waals surface area contributed by atoms with E-state index in [-0.39, 0.29) is 11.0 Å². The van der Waals surface area contributed by atoms with E-state index in [1.165, 1.54) is 6.08 Å². The molecule has 25 heavy (non-hydrogen) atoms. The van der Waals surface area contributed by atoms with Crippen LogP contribution in [0.25, 0.3) is 6.08 Å². The number of amides is 1. The van der Waals surface area contributed by atoms with Gasteiger partial charge in [-0.25, -0.2) is 0 Å². The van der Waals surface area contributed by atoms with Gasteiger partial charge in [0.05, 0.1) is 6.61 Å². The van der Waals surface area contributed by atoms with E-state index in [1.807, 2.05) is 37.3 Å². The fourth-order valence-corrected chi connectivity index (χ4v) is 2.32. The predicted octanol–water partition coefficient (Wildman–Crippen LogP) is 3.77. The first-order chi connectivity index (χ1) is 12.1. The molecule has 1 amide bonds. The number of benzene rings is 2. The van der Waals surface area contributed by atoms with Gasteiger partial charge in [0.1, 0.15) is 5.75 Å². The van der Waals surface area contributed by atoms with E-state index in [2.05, 4.69) is 16.2 Å². The van der Waals surface area contributed by atoms with Crippen molar-refractivity contribution in [2.75, 3.05) is 11.9 Å². The molecular formula is C18H18ClN3O2S. The van der Waals surface area contributed by atoms with E-state index in [9.17, 15) is 4.79 Å². The maximum Gasteiger partial charge on any atom is 0.262 e. The summed E-state index contributed by atoms with van der Waals surface area (Å²) in [5, 5.41) is 3.75. The molecule has 0 fully saturated rings. The summed E-state index contributed by atoms with van der Waals surface area (Å²) < 4.78 is 5.50. The van der Waals surface area contributed by atoms with Gasteiger partial charge in [0.2, 0.25) is 0 Å². The summed E-state index contributed by atoms with van der Waals surface area (Å²) in [5.41, 5.74) is 6.65. The number of anilines is 1. The molecule has 0 unspecified atom stereocenters. The van der Waals surface area contributed by atoms with Gasteiger partial charge in [-0.3, -0.25) is 15.6 Å². The number of rotatable bonds is 5. The van der Waals surface area contributed by atoms with Crippen LogP contribution in [0.15, 0.2) is 54.6 Å². The SMILES string of the molecule is CCOc1ccccc1/C=C/C(=O)NNC(=S)Nc1cccc(Cl)c1. The molecule has 0 aliphatic rings. The maximum atomic E-state index is 11.9. The summed E-state index contributed by atoms with van der Waals surface area (Å²) in [7, 11) is 0. The Morgan fingerprint density at radius 1 is 1.20 bits per heavy atom. The van der Waals surface area contributed by atoms with Crippen molar-refractivity contribution < 1.29 is 9.53 Å². The number of hydrogen-bond donors (Lipinski definition) is 3. The zero-order valence-electron chi connectivity index (χ0n) is 13.6. The first-order valence-electron chi connectivity index (χ1n) is 7.61. The molecule has 0 saturated heterocycles. The number of hydrogen-bond acceptors (Lipinski definition) is 3. The van der Waals surface area contributed by atoms with Gasteiger partial charge >= 0.3 is 0 Å². The third kappa shape index (κ3) is 6.45. The van der Waals surface area contributed by atoms with Crippen molar-refractivity contribution in [3.8, 4) is 5.75 Å². The molecule has 2 aromatic rings. The van der Waals surface area contributed by atoms with E-state index in [0.29, 0.717) is 11.6 Å². The van der Waals surface area contributed by atoms with Crippen molar-refractivity contribution >= 4 is 46.6 Å². The van der Waals surface area contributed by atoms with Crippen LogP contribution in [0.5, 0.6) is 5.75 Å². The van der Waals surface area contributed by atoms with Gasteiger partial charge in [-0.1, -0.05) is 35.9 Å². The highest BCUT2D eigenvalue weighted by atomic mass is 35.5. The van der Waals surface area contributed by atoms with E-state index in [4.69, 9.17) is 28.6 Å². The largest absolute Gasteiger partial charge is 0.493 e. The number of halogens is 1. The average Bonchev–Trinajstić information content (AvgIpc) is 2.59. The molecule has 0 radical (unpaired) electrons. The molecule has 0 aromatic heterocycles. The molecule has 2 rings (SSSR count). The monoisotopic (exact) mass is 375 g/mol. The second-order valence-corrected chi connectivity index (χ2v) is 5.73. The van der Waals surface area contributed by atoms with Crippen LogP contribution in [0.3, 0.4) is 0 Å². The lowest BCUT2D eigenvalue weighted by Crippen LogP contribution is -2.43. The van der Waals surface area contributed by atoms with Gasteiger partial charge in [0.15, 0.2) is 5.11 Å². The number of para-hydroxylation sites is 1. The van der Waals surface area contributed by atoms with Crippen molar-refractivity contribution in [1.82, 2.24) is 10.9 Å². The summed E-state index contributed by atoms with van der Waals surface area (Å²) in [5.74, 6) is 0.377. The molecule has 0 heterocycles. The normalized spacial score (nSPS) is 10.3. The molecule has 130 valence electrons. The molecule has 0 aliphatic carbocycles. The number of nitrogens with one attached hydrogen (secondary N) is 3. The van der Waals surface area contributed by atoms with Crippen LogP contribution in [0.1, 0.15) is 12.5 Å². The molecule has 0 atom stereocenters. The Labute approximate surface area is 157 Å². The van der Waals surface area contributed by atoms with Crippen molar-refractivity contribution in [2.24, 2.45) is 0 Å². The van der Waals surface area contributed by atoms with E-state index in [0.717, 1.165) is 17.0 Å². The quantitative estimate of drug-likeness (QED) is 0.422. The van der Waals surface area contributed by atoms with Crippen LogP contribution in [-0.4, -0.2) is 17.6 Å². The lowest BCUT2D eigenvalue weighted by molar-refractivity contribution is -0.116. The van der Waals surface area contributed by atoms with E-state index in [1.54, 1.807) is 24.3 Å². The highest BCUT2D eigenvalue weighted by Gasteiger charge is 2.02. The molecule has 0 saturated carbocycles. The van der Waals surface area contributed by atoms with Crippen molar-refractivity contribution in [3.05, 3.63) is 65.2 Å². The Kier molecular flexibility index (Phi) is 7.25. The molecule has 0 aliphatic heterocycles. The summed E-state index contributed by atoms with van der Waals surface area (Å²) in [4.78, 5) is 11.9. The summed E-state index contributed by atoms with van der Waals surface area (Å²) in [6.07, 6.45) is 3.07. The molecule has 7 heteroatoms. The van der Waals surface area contributed by atoms with Crippen molar-refractivity contribution in [2.45, 2.75) is 6.92 Å². The summed E-state index contributed by atoms with van der Waals surface area (Å²) in [6.45, 7) is 2.47. The average molecular weight is 376 g/mol. The van der Waals surface area contributed by atoms with Crippen LogP contribution in [0.2, 0.25) is 5.02 Å². The highest BCUT2D eigenvalue weighted by molar-refractivity contribution is 7.80. The van der Waals surface area contributed by atoms with Crippen molar-refractivity contribution in [1.29, 1.82) is 0 Å². The summed E-state index contributed by atoms with van der Waals surface area (Å²) in [6, 6.07) is 14.6. The number of hydrazine groups is 1. The zero-order chi connectivity index (χ0) is 18.1. The minimum absolute atomic E-state index is 0.249. The minimum atomic E-state index is -0.346. The number of carbonyl (C=O) groups excluding carboxylic acids is 1. The number of ether oxygens (including phenoxy) is 1. The van der Waals surface area contributed by atoms with Gasteiger partial charge in [-0.2, -0.15) is 0 Å². The van der Waals surface area contributed by atoms with Crippen LogP contribution in [0.4, 0.5) is 5.69 Å². The lowest BCUT2D eigenvalue weighted by atomic mass is 10.2. The van der Waals surface area contributed by atoms with Crippen LogP contribution < -0.4 is 20.9 Å². The van der Waals surface area contributed by atoms with Crippen LogP contribution in [0, 0.1) is 0 Å². The maximum absolute atomic E-state index is 11.9. The van der Waals surface area contributed by atoms with Crippen LogP contribution in [-0.2, 0) is 4.79 Å². The fraction of sp³-hybridized carbons (Fsp3) is 0.111. The number of carbonyl (C=O) groups is 1. The second kappa shape index (κ2) is 9.66. The Hall–Kier alpha value is -2.57. The Morgan fingerprint density at radius 3 is 2.76 bits per heavy atom. The fourth-order valence-electron chi connectivity index (χ4n) is 1.96. The van der Waals surface area contributed by atoms with E-state index >= 15 is 0 Å². The molecule has 0 bridgehead atoms. The second-order valence-electron chi connectivity index (χ2n) is 4.88. The molecule has 2 aromatic carbocycles. The lowest BCUT2D eigenvalue weighted by Gasteiger charge is -2.10. The Balaban J connectivity index is 1.85. The molecule has 3 N–H and O–H groups in total. The number of thiocarbonyl (C=S) groups is 1. The van der Waals surface area contributed by atoms with Crippen molar-refractivity contribution in [3.63, 3.8) is 0 Å². The van der Waals surface area contributed by atoms with Gasteiger partial charge < -0.3 is 10.1 Å². The first kappa shape index (κ1) is 18.8. The van der Waals surface area contributed by atoms with E-state index < -0.39 is 0 Å². The predicted molar refractivity (Wildman–Crippen MR) is 106 cm³/mol. The molecular weight excluding hydrogens is 358 g/mol. The Bertz CT molecular complexity index is 780. The van der Waals surface area contributed by atoms with Gasteiger partial charge in [-0.15, -0.1) is 0 Å². The topological polar surface area (TPSA) is 62.4 Å². The van der Waals surface area contributed by atoms with Gasteiger partial charge in [-0.05, 0) is 49.5 Å². The minimum Gasteiger partial charge on any atom is -0.493 e. The van der Waals surface area contributed by atoms with Gasteiger partial charge in [0, 0.05) is 22.3 Å². The standard InChI is InChI=1S/C18H18ClN3O2S/c1-2-24-16-9-4-3-6-13(16)10-11-17(23)21-22-18(25)20-15-8-5-7-14(19)12-15/h3-12H,2H2,1H3,(H,21,23)(H2,20,22,25)/b11-10+. The zero-order valence-corrected chi connectivity index (χ0v) is 15.2. The summed E-state index contributed by atoms with van der Waals surface area (Å²) >= 11 is 11.0. The first-order valence-corrected chi connectivity index (χ1v) is 8.39. The van der Waals surface area contributed by atoms with Gasteiger partial charge in [0.25, 0.3) is 5.91 Å². The third-order valence-electron chi connectivity index (χ3n) is 3.01. The molecule has 5 nitrogen and oxygen atoms in total. The third-order valence-corrected chi connectivity index (χ3v) is 3.45. The van der Waals surface area contributed by atoms with Crippen LogP contribution >= 0.6 is 23.8 Å². The smallest absolute Gasteiger partial charge is 0.262 e. The Morgan fingerprint density at radius 2 is 2.00 bits per heavy atom.